The molecule has 0 amide bonds. The van der Waals surface area contributed by atoms with Gasteiger partial charge in [-0.15, -0.1) is 0 Å². The van der Waals surface area contributed by atoms with Crippen LogP contribution >= 0.6 is 11.6 Å². The third-order valence-corrected chi connectivity index (χ3v) is 6.24. The standard InChI is InChI=1S/C25H24ClF3N2O2/c1-13-8-17-16-11-15(27)5-6-20(16)30-23(17)24(31(13)12-25(2,3)29)22-18(26)9-14(10-19(22)28)4-7-21(32)33/h4-7,9-11,13,24,30H,8,12H2,1-3H3,(H,32,33)/b7-4+/t13?,24-/m1/s1. The molecule has 174 valence electrons. The van der Waals surface area contributed by atoms with E-state index < -0.39 is 23.5 Å². The summed E-state index contributed by atoms with van der Waals surface area (Å²) < 4.78 is 44.3. The quantitative estimate of drug-likeness (QED) is 0.426. The molecule has 2 heterocycles. The van der Waals surface area contributed by atoms with Crippen molar-refractivity contribution in [1.29, 1.82) is 0 Å². The van der Waals surface area contributed by atoms with Crippen LogP contribution < -0.4 is 0 Å². The Morgan fingerprint density at radius 2 is 2.03 bits per heavy atom. The fraction of sp³-hybridized carbons (Fsp3) is 0.320. The van der Waals surface area contributed by atoms with Crippen LogP contribution in [-0.4, -0.2) is 39.2 Å². The maximum Gasteiger partial charge on any atom is 0.328 e. The van der Waals surface area contributed by atoms with Gasteiger partial charge in [0.2, 0.25) is 0 Å². The molecule has 0 saturated heterocycles. The van der Waals surface area contributed by atoms with Crippen LogP contribution in [0.1, 0.15) is 49.2 Å². The van der Waals surface area contributed by atoms with Crippen LogP contribution in [0.5, 0.6) is 0 Å². The summed E-state index contributed by atoms with van der Waals surface area (Å²) >= 11 is 6.54. The van der Waals surface area contributed by atoms with E-state index in [1.54, 1.807) is 6.07 Å². The minimum Gasteiger partial charge on any atom is -0.478 e. The monoisotopic (exact) mass is 476 g/mol. The smallest absolute Gasteiger partial charge is 0.328 e. The number of aliphatic carboxylic acids is 1. The van der Waals surface area contributed by atoms with E-state index in [1.165, 1.54) is 44.2 Å². The number of carboxylic acids is 1. The van der Waals surface area contributed by atoms with Gasteiger partial charge in [0.15, 0.2) is 0 Å². The van der Waals surface area contributed by atoms with Gasteiger partial charge in [0.05, 0.1) is 6.04 Å². The third-order valence-electron chi connectivity index (χ3n) is 5.92. The van der Waals surface area contributed by atoms with Crippen molar-refractivity contribution in [3.8, 4) is 0 Å². The lowest BCUT2D eigenvalue weighted by Crippen LogP contribution is -2.48. The highest BCUT2D eigenvalue weighted by atomic mass is 35.5. The Balaban J connectivity index is 1.93. The number of halogens is 4. The Hall–Kier alpha value is -2.77. The number of alkyl halides is 1. The molecule has 0 fully saturated rings. The van der Waals surface area contributed by atoms with E-state index in [0.717, 1.165) is 11.6 Å². The molecule has 0 aliphatic carbocycles. The molecule has 8 heteroatoms. The van der Waals surface area contributed by atoms with Crippen LogP contribution in [0, 0.1) is 11.6 Å². The highest BCUT2D eigenvalue weighted by Crippen LogP contribution is 2.44. The lowest BCUT2D eigenvalue weighted by molar-refractivity contribution is -0.131. The van der Waals surface area contributed by atoms with Gasteiger partial charge in [-0.3, -0.25) is 4.90 Å². The van der Waals surface area contributed by atoms with Crippen LogP contribution in [0.3, 0.4) is 0 Å². The van der Waals surface area contributed by atoms with E-state index in [4.69, 9.17) is 16.7 Å². The van der Waals surface area contributed by atoms with Crippen molar-refractivity contribution in [2.45, 2.75) is 44.9 Å². The summed E-state index contributed by atoms with van der Waals surface area (Å²) in [5.74, 6) is -2.17. The van der Waals surface area contributed by atoms with Gasteiger partial charge in [-0.25, -0.2) is 18.0 Å². The topological polar surface area (TPSA) is 56.3 Å². The summed E-state index contributed by atoms with van der Waals surface area (Å²) in [6, 6.07) is 6.20. The molecule has 3 aromatic rings. The lowest BCUT2D eigenvalue weighted by atomic mass is 9.87. The van der Waals surface area contributed by atoms with Gasteiger partial charge in [0.25, 0.3) is 0 Å². The molecule has 1 unspecified atom stereocenters. The van der Waals surface area contributed by atoms with Crippen LogP contribution in [0.2, 0.25) is 5.02 Å². The van der Waals surface area contributed by atoms with Crippen molar-refractivity contribution in [3.63, 3.8) is 0 Å². The summed E-state index contributed by atoms with van der Waals surface area (Å²) in [7, 11) is 0. The average Bonchev–Trinajstić information content (AvgIpc) is 3.04. The molecular weight excluding hydrogens is 453 g/mol. The number of aromatic amines is 1. The zero-order valence-corrected chi connectivity index (χ0v) is 19.2. The number of carbonyl (C=O) groups is 1. The number of H-pyrrole nitrogens is 1. The minimum absolute atomic E-state index is 0.0262. The zero-order valence-electron chi connectivity index (χ0n) is 18.4. The van der Waals surface area contributed by atoms with Crippen molar-refractivity contribution in [2.75, 3.05) is 6.54 Å². The van der Waals surface area contributed by atoms with E-state index in [2.05, 4.69) is 4.98 Å². The summed E-state index contributed by atoms with van der Waals surface area (Å²) in [5.41, 5.74) is 1.09. The summed E-state index contributed by atoms with van der Waals surface area (Å²) in [5, 5.41) is 9.66. The molecular formula is C25H24ClF3N2O2. The number of benzene rings is 2. The first-order valence-electron chi connectivity index (χ1n) is 10.6. The molecule has 0 spiro atoms. The summed E-state index contributed by atoms with van der Waals surface area (Å²) in [6.45, 7) is 4.88. The van der Waals surface area contributed by atoms with Gasteiger partial charge in [-0.1, -0.05) is 11.6 Å². The Morgan fingerprint density at radius 1 is 1.30 bits per heavy atom. The molecule has 2 N–H and O–H groups in total. The highest BCUT2D eigenvalue weighted by molar-refractivity contribution is 6.31. The van der Waals surface area contributed by atoms with Gasteiger partial charge in [0.1, 0.15) is 17.3 Å². The Bertz CT molecular complexity index is 1240. The molecule has 2 aromatic carbocycles. The van der Waals surface area contributed by atoms with Crippen molar-refractivity contribution < 1.29 is 23.1 Å². The van der Waals surface area contributed by atoms with Crippen molar-refractivity contribution >= 4 is 34.5 Å². The lowest BCUT2D eigenvalue weighted by Gasteiger charge is -2.43. The number of nitrogens with one attached hydrogen (secondary N) is 1. The van der Waals surface area contributed by atoms with E-state index in [9.17, 15) is 13.6 Å². The molecule has 33 heavy (non-hydrogen) atoms. The number of aromatic nitrogens is 1. The van der Waals surface area contributed by atoms with Gasteiger partial charge < -0.3 is 10.1 Å². The van der Waals surface area contributed by atoms with Gasteiger partial charge in [-0.05, 0) is 74.7 Å². The molecule has 0 saturated carbocycles. The van der Waals surface area contributed by atoms with Crippen LogP contribution in [-0.2, 0) is 11.2 Å². The molecule has 0 radical (unpaired) electrons. The fourth-order valence-corrected chi connectivity index (χ4v) is 4.97. The second-order valence-corrected chi connectivity index (χ2v) is 9.53. The predicted octanol–water partition coefficient (Wildman–Crippen LogP) is 6.28. The van der Waals surface area contributed by atoms with Gasteiger partial charge in [0, 0.05) is 45.8 Å². The Labute approximate surface area is 194 Å². The molecule has 1 aliphatic heterocycles. The first kappa shape index (κ1) is 23.4. The van der Waals surface area contributed by atoms with Crippen molar-refractivity contribution in [2.24, 2.45) is 0 Å². The second kappa shape index (κ2) is 8.54. The van der Waals surface area contributed by atoms with E-state index in [0.29, 0.717) is 28.6 Å². The molecule has 4 nitrogen and oxygen atoms in total. The highest BCUT2D eigenvalue weighted by Gasteiger charge is 2.40. The van der Waals surface area contributed by atoms with Crippen LogP contribution in [0.15, 0.2) is 36.4 Å². The number of rotatable bonds is 5. The van der Waals surface area contributed by atoms with Crippen molar-refractivity contribution in [3.05, 3.63) is 75.4 Å². The summed E-state index contributed by atoms with van der Waals surface area (Å²) in [6.07, 6.45) is 2.68. The van der Waals surface area contributed by atoms with Crippen LogP contribution in [0.4, 0.5) is 13.2 Å². The van der Waals surface area contributed by atoms with Crippen molar-refractivity contribution in [1.82, 2.24) is 9.88 Å². The number of hydrogen-bond donors (Lipinski definition) is 2. The molecule has 4 rings (SSSR count). The first-order chi connectivity index (χ1) is 15.4. The SMILES string of the molecule is CC1Cc2c([nH]c3ccc(F)cc23)[C@@H](c2c(F)cc(/C=C/C(=O)O)cc2Cl)N1CC(C)(C)F. The number of nitrogens with zero attached hydrogens (tertiary/aromatic N) is 1. The van der Waals surface area contributed by atoms with Crippen LogP contribution in [0.25, 0.3) is 17.0 Å². The molecule has 1 aliphatic rings. The Morgan fingerprint density at radius 3 is 2.67 bits per heavy atom. The number of carboxylic acid groups (broad SMARTS) is 1. The number of hydrogen-bond acceptors (Lipinski definition) is 2. The van der Waals surface area contributed by atoms with E-state index >= 15 is 4.39 Å². The van der Waals surface area contributed by atoms with Gasteiger partial charge in [-0.2, -0.15) is 0 Å². The zero-order chi connectivity index (χ0) is 24.1. The normalized spacial score (nSPS) is 19.4. The third kappa shape index (κ3) is 4.66. The molecule has 1 aromatic heterocycles. The largest absolute Gasteiger partial charge is 0.478 e. The Kier molecular flexibility index (Phi) is 6.05. The average molecular weight is 477 g/mol. The minimum atomic E-state index is -1.56. The van der Waals surface area contributed by atoms with Gasteiger partial charge >= 0.3 is 5.97 Å². The fourth-order valence-electron chi connectivity index (χ4n) is 4.65. The predicted molar refractivity (Wildman–Crippen MR) is 123 cm³/mol. The maximum atomic E-state index is 15.5. The summed E-state index contributed by atoms with van der Waals surface area (Å²) in [4.78, 5) is 16.0. The number of fused-ring (bicyclic) bond motifs is 3. The second-order valence-electron chi connectivity index (χ2n) is 9.12. The molecule has 2 atom stereocenters. The van der Waals surface area contributed by atoms with E-state index in [-0.39, 0.29) is 29.0 Å². The van der Waals surface area contributed by atoms with E-state index in [1.807, 2.05) is 11.8 Å². The maximum absolute atomic E-state index is 15.5. The first-order valence-corrected chi connectivity index (χ1v) is 11.0. The molecule has 0 bridgehead atoms.